The third-order valence-corrected chi connectivity index (χ3v) is 3.73. The number of morpholine rings is 1. The molecule has 1 atom stereocenters. The summed E-state index contributed by atoms with van der Waals surface area (Å²) in [6.45, 7) is 9.91. The first-order chi connectivity index (χ1) is 8.47. The molecule has 1 aromatic rings. The van der Waals surface area contributed by atoms with Crippen molar-refractivity contribution in [3.8, 4) is 0 Å². The number of ether oxygens (including phenoxy) is 1. The van der Waals surface area contributed by atoms with Gasteiger partial charge in [0, 0.05) is 43.6 Å². The summed E-state index contributed by atoms with van der Waals surface area (Å²) in [7, 11) is 2.05. The van der Waals surface area contributed by atoms with E-state index in [1.807, 2.05) is 7.05 Å². The zero-order valence-electron chi connectivity index (χ0n) is 11.6. The van der Waals surface area contributed by atoms with E-state index in [1.165, 1.54) is 11.5 Å². The van der Waals surface area contributed by atoms with E-state index in [9.17, 15) is 0 Å². The van der Waals surface area contributed by atoms with Crippen LogP contribution in [0.1, 0.15) is 26.6 Å². The second-order valence-electron chi connectivity index (χ2n) is 5.73. The fourth-order valence-corrected chi connectivity index (χ4v) is 2.62. The summed E-state index contributed by atoms with van der Waals surface area (Å²) in [5.41, 5.74) is 0.0124. The lowest BCUT2D eigenvalue weighted by Crippen LogP contribution is -2.44. The molecule has 1 N–H and O–H groups in total. The maximum atomic E-state index is 5.70. The average molecular weight is 270 g/mol. The average Bonchev–Trinajstić information content (AvgIpc) is 2.79. The Kier molecular flexibility index (Phi) is 4.19. The molecule has 6 heteroatoms. The molecule has 1 unspecified atom stereocenters. The van der Waals surface area contributed by atoms with Crippen molar-refractivity contribution >= 4 is 16.7 Å². The van der Waals surface area contributed by atoms with Gasteiger partial charge in [0.15, 0.2) is 0 Å². The molecule has 0 radical (unpaired) electrons. The lowest BCUT2D eigenvalue weighted by Gasteiger charge is -2.27. The van der Waals surface area contributed by atoms with Gasteiger partial charge in [0.25, 0.3) is 0 Å². The van der Waals surface area contributed by atoms with Gasteiger partial charge >= 0.3 is 0 Å². The highest BCUT2D eigenvalue weighted by Crippen LogP contribution is 2.24. The van der Waals surface area contributed by atoms with Crippen LogP contribution in [-0.2, 0) is 10.2 Å². The maximum Gasteiger partial charge on any atom is 0.205 e. The van der Waals surface area contributed by atoms with Crippen LogP contribution in [0.5, 0.6) is 0 Å². The molecule has 0 aromatic carbocycles. The van der Waals surface area contributed by atoms with Crippen LogP contribution in [-0.4, -0.2) is 48.8 Å². The summed E-state index contributed by atoms with van der Waals surface area (Å²) >= 11 is 1.46. The van der Waals surface area contributed by atoms with E-state index in [1.54, 1.807) is 0 Å². The highest BCUT2D eigenvalue weighted by molar-refractivity contribution is 7.09. The van der Waals surface area contributed by atoms with Gasteiger partial charge < -0.3 is 15.0 Å². The van der Waals surface area contributed by atoms with Gasteiger partial charge in [-0.3, -0.25) is 0 Å². The van der Waals surface area contributed by atoms with E-state index >= 15 is 0 Å². The second-order valence-corrected chi connectivity index (χ2v) is 6.46. The first-order valence-electron chi connectivity index (χ1n) is 6.34. The first-order valence-corrected chi connectivity index (χ1v) is 7.12. The maximum absolute atomic E-state index is 5.70. The minimum absolute atomic E-state index is 0.0124. The van der Waals surface area contributed by atoms with Crippen molar-refractivity contribution in [1.29, 1.82) is 0 Å². The lowest BCUT2D eigenvalue weighted by atomic mass is 9.96. The Morgan fingerprint density at radius 1 is 1.50 bits per heavy atom. The molecule has 1 saturated heterocycles. The number of nitrogens with one attached hydrogen (secondary N) is 1. The number of nitrogens with zero attached hydrogens (tertiary/aromatic N) is 3. The zero-order valence-corrected chi connectivity index (χ0v) is 12.4. The second kappa shape index (κ2) is 5.50. The van der Waals surface area contributed by atoms with E-state index in [-0.39, 0.29) is 11.5 Å². The van der Waals surface area contributed by atoms with E-state index in [0.29, 0.717) is 0 Å². The monoisotopic (exact) mass is 270 g/mol. The van der Waals surface area contributed by atoms with Crippen molar-refractivity contribution in [3.05, 3.63) is 5.82 Å². The molecule has 2 rings (SSSR count). The molecule has 1 aliphatic rings. The van der Waals surface area contributed by atoms with Crippen LogP contribution >= 0.6 is 11.5 Å². The van der Waals surface area contributed by atoms with Gasteiger partial charge in [-0.15, -0.1) is 0 Å². The van der Waals surface area contributed by atoms with Gasteiger partial charge in [-0.1, -0.05) is 20.8 Å². The van der Waals surface area contributed by atoms with E-state index in [0.717, 1.165) is 37.2 Å². The molecule has 0 saturated carbocycles. The molecule has 5 nitrogen and oxygen atoms in total. The lowest BCUT2D eigenvalue weighted by molar-refractivity contribution is 0.0340. The summed E-state index contributed by atoms with van der Waals surface area (Å²) in [6.07, 6.45) is 0.241. The molecule has 1 aromatic heterocycles. The number of aromatic nitrogens is 2. The summed E-state index contributed by atoms with van der Waals surface area (Å²) in [5, 5.41) is 4.30. The standard InChI is InChI=1S/C12H22N4OS/c1-12(2,3)10-14-11(18-15-10)16(4)8-9-7-13-5-6-17-9/h9,13H,5-8H2,1-4H3. The Labute approximate surface area is 113 Å². The Morgan fingerprint density at radius 2 is 2.28 bits per heavy atom. The molecular formula is C12H22N4OS. The summed E-state index contributed by atoms with van der Waals surface area (Å²) in [6, 6.07) is 0. The number of hydrogen-bond donors (Lipinski definition) is 1. The van der Waals surface area contributed by atoms with Gasteiger partial charge in [-0.25, -0.2) is 4.98 Å². The first kappa shape index (κ1) is 13.7. The number of likely N-dealkylation sites (N-methyl/N-ethyl adjacent to an activating group) is 1. The van der Waals surface area contributed by atoms with Crippen LogP contribution in [0.25, 0.3) is 0 Å². The fraction of sp³-hybridized carbons (Fsp3) is 0.833. The van der Waals surface area contributed by atoms with Crippen molar-refractivity contribution < 1.29 is 4.74 Å². The topological polar surface area (TPSA) is 50.3 Å². The predicted molar refractivity (Wildman–Crippen MR) is 74.5 cm³/mol. The van der Waals surface area contributed by atoms with Crippen molar-refractivity contribution in [2.75, 3.05) is 38.2 Å². The molecule has 1 aliphatic heterocycles. The van der Waals surface area contributed by atoms with E-state index in [4.69, 9.17) is 4.74 Å². The van der Waals surface area contributed by atoms with Gasteiger partial charge in [0.05, 0.1) is 12.7 Å². The van der Waals surface area contributed by atoms with Crippen molar-refractivity contribution in [2.45, 2.75) is 32.3 Å². The number of rotatable bonds is 3. The minimum atomic E-state index is 0.0124. The van der Waals surface area contributed by atoms with Crippen LogP contribution in [0, 0.1) is 0 Å². The normalized spacial score (nSPS) is 21.0. The van der Waals surface area contributed by atoms with Crippen LogP contribution in [0.15, 0.2) is 0 Å². The fourth-order valence-electron chi connectivity index (χ4n) is 1.80. The molecule has 102 valence electrons. The van der Waals surface area contributed by atoms with E-state index in [2.05, 4.69) is 40.3 Å². The Bertz CT molecular complexity index is 382. The zero-order chi connectivity index (χ0) is 13.2. The smallest absolute Gasteiger partial charge is 0.205 e. The Hall–Kier alpha value is -0.720. The molecule has 2 heterocycles. The summed E-state index contributed by atoms with van der Waals surface area (Å²) in [5.74, 6) is 0.914. The third kappa shape index (κ3) is 3.40. The molecule has 0 amide bonds. The summed E-state index contributed by atoms with van der Waals surface area (Å²) < 4.78 is 10.1. The molecule has 0 aliphatic carbocycles. The third-order valence-electron chi connectivity index (χ3n) is 2.89. The molecule has 18 heavy (non-hydrogen) atoms. The Morgan fingerprint density at radius 3 is 2.83 bits per heavy atom. The largest absolute Gasteiger partial charge is 0.374 e. The highest BCUT2D eigenvalue weighted by atomic mass is 32.1. The SMILES string of the molecule is CN(CC1CNCCO1)c1nc(C(C)(C)C)ns1. The van der Waals surface area contributed by atoms with E-state index < -0.39 is 0 Å². The van der Waals surface area contributed by atoms with Crippen molar-refractivity contribution in [3.63, 3.8) is 0 Å². The van der Waals surface area contributed by atoms with Crippen LogP contribution in [0.4, 0.5) is 5.13 Å². The van der Waals surface area contributed by atoms with Gasteiger partial charge in [-0.05, 0) is 0 Å². The van der Waals surface area contributed by atoms with Crippen LogP contribution in [0.3, 0.4) is 0 Å². The summed E-state index contributed by atoms with van der Waals surface area (Å²) in [4.78, 5) is 6.73. The molecule has 1 fully saturated rings. The molecule has 0 spiro atoms. The molecular weight excluding hydrogens is 248 g/mol. The quantitative estimate of drug-likeness (QED) is 0.896. The number of hydrogen-bond acceptors (Lipinski definition) is 6. The highest BCUT2D eigenvalue weighted by Gasteiger charge is 2.22. The van der Waals surface area contributed by atoms with Crippen molar-refractivity contribution in [1.82, 2.24) is 14.7 Å². The van der Waals surface area contributed by atoms with Crippen molar-refractivity contribution in [2.24, 2.45) is 0 Å². The van der Waals surface area contributed by atoms with Crippen LogP contribution in [0.2, 0.25) is 0 Å². The Balaban J connectivity index is 1.96. The minimum Gasteiger partial charge on any atom is -0.374 e. The molecule has 0 bridgehead atoms. The number of anilines is 1. The van der Waals surface area contributed by atoms with Crippen LogP contribution < -0.4 is 10.2 Å². The predicted octanol–water partition coefficient (Wildman–Crippen LogP) is 1.26. The van der Waals surface area contributed by atoms with Gasteiger partial charge in [-0.2, -0.15) is 4.37 Å². The van der Waals surface area contributed by atoms with Gasteiger partial charge in [0.2, 0.25) is 5.13 Å². The van der Waals surface area contributed by atoms with Gasteiger partial charge in [0.1, 0.15) is 5.82 Å².